The van der Waals surface area contributed by atoms with Crippen LogP contribution in [-0.2, 0) is 14.8 Å². The lowest BCUT2D eigenvalue weighted by Crippen LogP contribution is -2.41. The number of aliphatic hydroxyl groups is 1. The first kappa shape index (κ1) is 20.7. The number of nitrogens with zero attached hydrogens (tertiary/aromatic N) is 1. The van der Waals surface area contributed by atoms with Gasteiger partial charge in [0.15, 0.2) is 0 Å². The van der Waals surface area contributed by atoms with Crippen LogP contribution in [0.4, 0.5) is 5.69 Å². The lowest BCUT2D eigenvalue weighted by molar-refractivity contribution is -0.120. The quantitative estimate of drug-likeness (QED) is 0.677. The fourth-order valence-electron chi connectivity index (χ4n) is 2.47. The van der Waals surface area contributed by atoms with E-state index >= 15 is 0 Å². The van der Waals surface area contributed by atoms with Gasteiger partial charge in [-0.1, -0.05) is 30.3 Å². The maximum Gasteiger partial charge on any atom is 0.240 e. The van der Waals surface area contributed by atoms with Gasteiger partial charge in [-0.2, -0.15) is 0 Å². The molecule has 0 saturated heterocycles. The highest BCUT2D eigenvalue weighted by Gasteiger charge is 2.21. The molecule has 0 spiro atoms. The summed E-state index contributed by atoms with van der Waals surface area (Å²) in [6.45, 7) is 1.96. The predicted octanol–water partition coefficient (Wildman–Crippen LogP) is 1.70. The average molecular weight is 392 g/mol. The van der Waals surface area contributed by atoms with E-state index in [0.29, 0.717) is 23.6 Å². The van der Waals surface area contributed by atoms with Gasteiger partial charge in [0.1, 0.15) is 12.3 Å². The van der Waals surface area contributed by atoms with Crippen LogP contribution >= 0.6 is 0 Å². The minimum Gasteiger partial charge on any atom is -0.494 e. The van der Waals surface area contributed by atoms with Crippen molar-refractivity contribution in [2.24, 2.45) is 0 Å². The van der Waals surface area contributed by atoms with Gasteiger partial charge in [0.25, 0.3) is 0 Å². The maximum absolute atomic E-state index is 12.2. The number of benzene rings is 2. The average Bonchev–Trinajstić information content (AvgIpc) is 2.65. The van der Waals surface area contributed by atoms with E-state index in [1.165, 1.54) is 0 Å². The second-order valence-electron chi connectivity index (χ2n) is 5.93. The van der Waals surface area contributed by atoms with Gasteiger partial charge in [-0.05, 0) is 36.8 Å². The molecular formula is C19H24N2O5S. The monoisotopic (exact) mass is 392 g/mol. The fourth-order valence-corrected chi connectivity index (χ4v) is 3.32. The zero-order chi connectivity index (χ0) is 19.9. The zero-order valence-electron chi connectivity index (χ0n) is 15.3. The zero-order valence-corrected chi connectivity index (χ0v) is 16.1. The molecule has 1 amide bonds. The Morgan fingerprint density at radius 2 is 1.78 bits per heavy atom. The van der Waals surface area contributed by atoms with Gasteiger partial charge in [0.05, 0.1) is 24.7 Å². The van der Waals surface area contributed by atoms with E-state index in [1.807, 2.05) is 13.0 Å². The molecule has 2 rings (SSSR count). The number of aliphatic hydroxyl groups excluding tert-OH is 1. The second-order valence-corrected chi connectivity index (χ2v) is 7.83. The Balaban J connectivity index is 2.02. The Kier molecular flexibility index (Phi) is 7.20. The summed E-state index contributed by atoms with van der Waals surface area (Å²) >= 11 is 0. The normalized spacial score (nSPS) is 12.3. The summed E-state index contributed by atoms with van der Waals surface area (Å²) in [5.41, 5.74) is 1.03. The van der Waals surface area contributed by atoms with Gasteiger partial charge >= 0.3 is 0 Å². The van der Waals surface area contributed by atoms with Crippen LogP contribution in [-0.4, -0.2) is 45.4 Å². The van der Waals surface area contributed by atoms with Crippen LogP contribution in [0.3, 0.4) is 0 Å². The summed E-state index contributed by atoms with van der Waals surface area (Å²) in [4.78, 5) is 12.2. The number of amides is 1. The molecular weight excluding hydrogens is 368 g/mol. The number of hydrogen-bond donors (Lipinski definition) is 2. The van der Waals surface area contributed by atoms with Gasteiger partial charge in [0.2, 0.25) is 15.9 Å². The van der Waals surface area contributed by atoms with Crippen molar-refractivity contribution >= 4 is 21.6 Å². The molecule has 27 heavy (non-hydrogen) atoms. The molecule has 2 aromatic rings. The molecule has 8 heteroatoms. The van der Waals surface area contributed by atoms with E-state index < -0.39 is 22.0 Å². The number of nitrogens with one attached hydrogen (secondary N) is 1. The lowest BCUT2D eigenvalue weighted by Gasteiger charge is -2.22. The van der Waals surface area contributed by atoms with Gasteiger partial charge in [-0.15, -0.1) is 0 Å². The Bertz CT molecular complexity index is 838. The minimum absolute atomic E-state index is 0.0102. The van der Waals surface area contributed by atoms with Crippen LogP contribution in [0.15, 0.2) is 54.6 Å². The topological polar surface area (TPSA) is 95.9 Å². The number of rotatable bonds is 9. The maximum atomic E-state index is 12.2. The van der Waals surface area contributed by atoms with E-state index in [9.17, 15) is 18.3 Å². The summed E-state index contributed by atoms with van der Waals surface area (Å²) in [7, 11) is -3.66. The minimum atomic E-state index is -3.66. The van der Waals surface area contributed by atoms with Crippen LogP contribution in [0, 0.1) is 0 Å². The first-order chi connectivity index (χ1) is 12.8. The van der Waals surface area contributed by atoms with Gasteiger partial charge < -0.3 is 15.2 Å². The number of carbonyl (C=O) groups is 1. The largest absolute Gasteiger partial charge is 0.494 e. The molecule has 0 radical (unpaired) electrons. The molecule has 1 unspecified atom stereocenters. The highest BCUT2D eigenvalue weighted by Crippen LogP contribution is 2.21. The number of sulfonamides is 1. The molecule has 0 bridgehead atoms. The van der Waals surface area contributed by atoms with Crippen LogP contribution in [0.25, 0.3) is 0 Å². The molecule has 0 aliphatic carbocycles. The molecule has 0 aliphatic rings. The molecule has 7 nitrogen and oxygen atoms in total. The van der Waals surface area contributed by atoms with Crippen LogP contribution in [0.2, 0.25) is 0 Å². The van der Waals surface area contributed by atoms with Crippen molar-refractivity contribution in [2.45, 2.75) is 13.0 Å². The van der Waals surface area contributed by atoms with E-state index in [-0.39, 0.29) is 13.1 Å². The highest BCUT2D eigenvalue weighted by molar-refractivity contribution is 7.92. The summed E-state index contributed by atoms with van der Waals surface area (Å²) in [6.07, 6.45) is 0.169. The van der Waals surface area contributed by atoms with Crippen LogP contribution in [0.1, 0.15) is 18.6 Å². The fraction of sp³-hybridized carbons (Fsp3) is 0.316. The molecule has 0 heterocycles. The standard InChI is InChI=1S/C19H24N2O5S/c1-3-26-17-11-9-16(10-12-17)21(27(2,24)25)14-19(23)20-13-18(22)15-7-5-4-6-8-15/h4-12,18,22H,3,13-14H2,1-2H3,(H,20,23). The highest BCUT2D eigenvalue weighted by atomic mass is 32.2. The molecule has 0 aromatic heterocycles. The van der Waals surface area contributed by atoms with E-state index in [2.05, 4.69) is 5.32 Å². The predicted molar refractivity (Wildman–Crippen MR) is 104 cm³/mol. The first-order valence-electron chi connectivity index (χ1n) is 8.51. The van der Waals surface area contributed by atoms with Crippen LogP contribution in [0.5, 0.6) is 5.75 Å². The SMILES string of the molecule is CCOc1ccc(N(CC(=O)NCC(O)c2ccccc2)S(C)(=O)=O)cc1. The van der Waals surface area contributed by atoms with Crippen molar-refractivity contribution in [1.29, 1.82) is 0 Å². The number of anilines is 1. The summed E-state index contributed by atoms with van der Waals surface area (Å²) < 4.78 is 30.6. The summed E-state index contributed by atoms with van der Waals surface area (Å²) in [5, 5.41) is 12.7. The van der Waals surface area contributed by atoms with Gasteiger partial charge in [-0.3, -0.25) is 9.10 Å². The van der Waals surface area contributed by atoms with Crippen molar-refractivity contribution < 1.29 is 23.1 Å². The molecule has 2 N–H and O–H groups in total. The molecule has 0 saturated carbocycles. The lowest BCUT2D eigenvalue weighted by atomic mass is 10.1. The Morgan fingerprint density at radius 3 is 2.33 bits per heavy atom. The number of carbonyl (C=O) groups excluding carboxylic acids is 1. The molecule has 0 aliphatic heterocycles. The molecule has 0 fully saturated rings. The molecule has 146 valence electrons. The summed E-state index contributed by atoms with van der Waals surface area (Å²) in [5.74, 6) is 0.106. The van der Waals surface area contributed by atoms with Crippen LogP contribution < -0.4 is 14.4 Å². The van der Waals surface area contributed by atoms with Crippen molar-refractivity contribution in [2.75, 3.05) is 30.3 Å². The molecule has 1 atom stereocenters. The van der Waals surface area contributed by atoms with Crippen molar-refractivity contribution in [3.05, 3.63) is 60.2 Å². The third-order valence-corrected chi connectivity index (χ3v) is 4.94. The van der Waals surface area contributed by atoms with Gasteiger partial charge in [-0.25, -0.2) is 8.42 Å². The third kappa shape index (κ3) is 6.26. The van der Waals surface area contributed by atoms with Crippen molar-refractivity contribution in [1.82, 2.24) is 5.32 Å². The Labute approximate surface area is 159 Å². The van der Waals surface area contributed by atoms with E-state index in [4.69, 9.17) is 4.74 Å². The van der Waals surface area contributed by atoms with E-state index in [1.54, 1.807) is 48.5 Å². The van der Waals surface area contributed by atoms with Gasteiger partial charge in [0, 0.05) is 6.54 Å². The van der Waals surface area contributed by atoms with E-state index in [0.717, 1.165) is 10.6 Å². The molecule has 2 aromatic carbocycles. The smallest absolute Gasteiger partial charge is 0.240 e. The number of ether oxygens (including phenoxy) is 1. The number of hydrogen-bond acceptors (Lipinski definition) is 5. The van der Waals surface area contributed by atoms with Crippen molar-refractivity contribution in [3.8, 4) is 5.75 Å². The second kappa shape index (κ2) is 9.38. The Morgan fingerprint density at radius 1 is 1.15 bits per heavy atom. The Hall–Kier alpha value is -2.58. The summed E-state index contributed by atoms with van der Waals surface area (Å²) in [6, 6.07) is 15.4. The third-order valence-electron chi connectivity index (χ3n) is 3.80. The van der Waals surface area contributed by atoms with Crippen molar-refractivity contribution in [3.63, 3.8) is 0 Å². The first-order valence-corrected chi connectivity index (χ1v) is 10.4.